The Morgan fingerprint density at radius 2 is 1.03 bits per heavy atom. The number of hydrogen-bond donors (Lipinski definition) is 2. The number of anilines is 2. The molecule has 0 aliphatic rings. The molecule has 5 aromatic heterocycles. The van der Waals surface area contributed by atoms with Crippen LogP contribution in [0.15, 0.2) is 106 Å². The largest absolute Gasteiger partial charge is 0.382 e. The fourth-order valence-electron chi connectivity index (χ4n) is 6.21. The molecule has 7 rings (SSSR count). The number of unbranched alkanes of at least 4 members (excludes halogenated alkanes) is 2. The lowest BCUT2D eigenvalue weighted by atomic mass is 10.1. The number of nitrogens with zero attached hydrogens (tertiary/aromatic N) is 14. The number of carbonyl (C=O) groups excluding carboxylic acids is 2. The molecule has 0 saturated heterocycles. The van der Waals surface area contributed by atoms with Gasteiger partial charge in [-0.15, -0.1) is 20.5 Å². The first-order chi connectivity index (χ1) is 28.2. The second-order valence-electron chi connectivity index (χ2n) is 13.4. The lowest BCUT2D eigenvalue weighted by Gasteiger charge is -2.06. The van der Waals surface area contributed by atoms with Crippen LogP contribution in [0, 0.1) is 0 Å². The predicted octanol–water partition coefficient (Wildman–Crippen LogP) is 7.46. The van der Waals surface area contributed by atoms with Gasteiger partial charge in [0.1, 0.15) is 6.33 Å². The van der Waals surface area contributed by atoms with Gasteiger partial charge in [-0.05, 0) is 25.7 Å². The van der Waals surface area contributed by atoms with E-state index in [0.29, 0.717) is 69.5 Å². The second kappa shape index (κ2) is 17.1. The number of ketones is 2. The molecule has 0 aliphatic carbocycles. The molecular formula is C40H42N16O2. The number of nitrogen functional groups attached to an aromatic ring is 2. The Balaban J connectivity index is 1.23. The van der Waals surface area contributed by atoms with Gasteiger partial charge in [-0.2, -0.15) is 29.8 Å². The van der Waals surface area contributed by atoms with Gasteiger partial charge < -0.3 is 11.5 Å². The van der Waals surface area contributed by atoms with Gasteiger partial charge in [0.15, 0.2) is 57.8 Å². The Labute approximate surface area is 333 Å². The van der Waals surface area contributed by atoms with Crippen LogP contribution in [0.25, 0.3) is 11.6 Å². The zero-order valence-corrected chi connectivity index (χ0v) is 32.6. The summed E-state index contributed by atoms with van der Waals surface area (Å²) < 4.78 is 5.91. The minimum atomic E-state index is -0.230. The molecule has 2 aromatic carbocycles. The highest BCUT2D eigenvalue weighted by atomic mass is 16.1. The number of carbonyl (C=O) groups is 2. The highest BCUT2D eigenvalue weighted by molar-refractivity contribution is 6.12. The van der Waals surface area contributed by atoms with Crippen molar-refractivity contribution < 1.29 is 9.59 Å². The van der Waals surface area contributed by atoms with Crippen molar-refractivity contribution in [2.24, 2.45) is 34.6 Å². The summed E-state index contributed by atoms with van der Waals surface area (Å²) in [7, 11) is 3.38. The fourth-order valence-corrected chi connectivity index (χ4v) is 6.21. The molecule has 294 valence electrons. The fraction of sp³-hybridized carbons (Fsp3) is 0.250. The summed E-state index contributed by atoms with van der Waals surface area (Å²) >= 11 is 0. The number of azo groups is 2. The van der Waals surface area contributed by atoms with Crippen molar-refractivity contribution >= 4 is 46.2 Å². The molecule has 0 unspecified atom stereocenters. The van der Waals surface area contributed by atoms with Crippen LogP contribution < -0.4 is 11.5 Å². The quantitative estimate of drug-likeness (QED) is 0.0726. The lowest BCUT2D eigenvalue weighted by molar-refractivity contribution is 0.103. The number of aryl methyl sites for hydroxylation is 4. The Kier molecular flexibility index (Phi) is 11.4. The molecule has 0 amide bonds. The normalized spacial score (nSPS) is 11.7. The molecule has 0 bridgehead atoms. The van der Waals surface area contributed by atoms with E-state index < -0.39 is 0 Å². The van der Waals surface area contributed by atoms with E-state index in [9.17, 15) is 9.59 Å². The van der Waals surface area contributed by atoms with Crippen molar-refractivity contribution in [3.05, 3.63) is 119 Å². The summed E-state index contributed by atoms with van der Waals surface area (Å²) in [6.45, 7) is 4.15. The molecule has 18 nitrogen and oxygen atoms in total. The van der Waals surface area contributed by atoms with E-state index in [1.54, 1.807) is 68.7 Å². The molecule has 0 spiro atoms. The average Bonchev–Trinajstić information content (AvgIpc) is 3.99. The van der Waals surface area contributed by atoms with Crippen LogP contribution in [0.2, 0.25) is 0 Å². The molecule has 0 saturated carbocycles. The molecule has 0 atom stereocenters. The molecule has 5 heterocycles. The van der Waals surface area contributed by atoms with E-state index in [4.69, 9.17) is 21.7 Å². The Hall–Kier alpha value is -7.50. The van der Waals surface area contributed by atoms with Crippen LogP contribution >= 0.6 is 0 Å². The lowest BCUT2D eigenvalue weighted by Crippen LogP contribution is -2.09. The number of rotatable bonds is 16. The van der Waals surface area contributed by atoms with E-state index in [1.807, 2.05) is 12.1 Å². The molecule has 0 radical (unpaired) electrons. The summed E-state index contributed by atoms with van der Waals surface area (Å²) in [4.78, 5) is 35.6. The van der Waals surface area contributed by atoms with Gasteiger partial charge in [0.25, 0.3) is 0 Å². The van der Waals surface area contributed by atoms with Gasteiger partial charge in [-0.25, -0.2) is 19.3 Å². The molecule has 4 N–H and O–H groups in total. The first-order valence-corrected chi connectivity index (χ1v) is 18.8. The zero-order valence-electron chi connectivity index (χ0n) is 32.6. The topological polar surface area (TPSA) is 233 Å². The maximum Gasteiger partial charge on any atom is 0.198 e. The van der Waals surface area contributed by atoms with Gasteiger partial charge in [0.2, 0.25) is 0 Å². The van der Waals surface area contributed by atoms with E-state index in [-0.39, 0.29) is 34.8 Å². The number of benzene rings is 2. The zero-order chi connectivity index (χ0) is 40.8. The van der Waals surface area contributed by atoms with Crippen LogP contribution in [0.4, 0.5) is 34.6 Å². The minimum absolute atomic E-state index is 0.182. The van der Waals surface area contributed by atoms with Crippen molar-refractivity contribution in [1.82, 2.24) is 49.1 Å². The highest BCUT2D eigenvalue weighted by Gasteiger charge is 2.24. The van der Waals surface area contributed by atoms with Crippen molar-refractivity contribution in [3.8, 4) is 11.6 Å². The van der Waals surface area contributed by atoms with Gasteiger partial charge in [-0.1, -0.05) is 87.4 Å². The number of aromatic nitrogens is 10. The Morgan fingerprint density at radius 1 is 0.621 bits per heavy atom. The van der Waals surface area contributed by atoms with Crippen LogP contribution in [-0.4, -0.2) is 60.7 Å². The molecule has 58 heavy (non-hydrogen) atoms. The van der Waals surface area contributed by atoms with E-state index in [1.165, 1.54) is 37.4 Å². The third-order valence-corrected chi connectivity index (χ3v) is 9.40. The number of hydrogen-bond acceptors (Lipinski definition) is 14. The smallest absolute Gasteiger partial charge is 0.198 e. The van der Waals surface area contributed by atoms with Crippen molar-refractivity contribution in [1.29, 1.82) is 0 Å². The van der Waals surface area contributed by atoms with Gasteiger partial charge >= 0.3 is 0 Å². The first kappa shape index (κ1) is 38.8. The van der Waals surface area contributed by atoms with Gasteiger partial charge in [0, 0.05) is 31.3 Å². The minimum Gasteiger partial charge on any atom is -0.382 e. The number of nitrogens with two attached hydrogens (primary N) is 2. The maximum atomic E-state index is 13.3. The Morgan fingerprint density at radius 3 is 1.43 bits per heavy atom. The predicted molar refractivity (Wildman–Crippen MR) is 217 cm³/mol. The van der Waals surface area contributed by atoms with Crippen LogP contribution in [-0.2, 0) is 26.9 Å². The summed E-state index contributed by atoms with van der Waals surface area (Å²) in [6.07, 6.45) is 8.89. The molecule has 0 aliphatic heterocycles. The third-order valence-electron chi connectivity index (χ3n) is 9.40. The highest BCUT2D eigenvalue weighted by Crippen LogP contribution is 2.35. The molecule has 18 heteroatoms. The average molecular weight is 779 g/mol. The summed E-state index contributed by atoms with van der Waals surface area (Å²) in [6, 6.07) is 19.5. The van der Waals surface area contributed by atoms with Gasteiger partial charge in [0.05, 0.1) is 34.9 Å². The summed E-state index contributed by atoms with van der Waals surface area (Å²) in [5, 5.41) is 36.2. The third kappa shape index (κ3) is 7.79. The van der Waals surface area contributed by atoms with Crippen molar-refractivity contribution in [2.75, 3.05) is 11.5 Å². The van der Waals surface area contributed by atoms with Crippen LogP contribution in [0.5, 0.6) is 0 Å². The summed E-state index contributed by atoms with van der Waals surface area (Å²) in [5.74, 6) is 1.11. The van der Waals surface area contributed by atoms with Crippen LogP contribution in [0.3, 0.4) is 0 Å². The molecule has 0 fully saturated rings. The van der Waals surface area contributed by atoms with Gasteiger partial charge in [-0.3, -0.25) is 9.59 Å². The Bertz CT molecular complexity index is 2460. The molecule has 7 aromatic rings. The molecular weight excluding hydrogens is 737 g/mol. The standard InChI is InChI=1S/C40H42N16O2/c1-5-7-19-29-33(47-49-39-27(22-45-53(39)3)35(57)25-15-11-9-12-16-25)37(41)55(51-29)31-21-32(44-24-43-31)56-38(42)34(30(52-56)20-8-6-2)48-50-40-28(23-46-54(40)4)36(58)26-17-13-10-14-18-26/h9-18,21-24H,5-8,19-20,41-42H2,1-4H3/b49-47+,50-48+. The van der Waals surface area contributed by atoms with Crippen molar-refractivity contribution in [3.63, 3.8) is 0 Å². The van der Waals surface area contributed by atoms with E-state index >= 15 is 0 Å². The van der Waals surface area contributed by atoms with E-state index in [0.717, 1.165) is 25.7 Å². The van der Waals surface area contributed by atoms with Crippen LogP contribution in [0.1, 0.15) is 82.8 Å². The van der Waals surface area contributed by atoms with Crippen molar-refractivity contribution in [2.45, 2.75) is 52.4 Å². The SMILES string of the molecule is CCCCc1nn(-c2cc(-n3nc(CCCC)c(/N=N/c4c(C(=O)c5ccccc5)cnn4C)c3N)ncn2)c(N)c1/N=N/c1c(C(=O)c2ccccc2)cnn1C. The second-order valence-corrected chi connectivity index (χ2v) is 13.4. The first-order valence-electron chi connectivity index (χ1n) is 18.8. The van der Waals surface area contributed by atoms with E-state index in [2.05, 4.69) is 54.5 Å². The summed E-state index contributed by atoms with van der Waals surface area (Å²) in [5.41, 5.74) is 17.0. The monoisotopic (exact) mass is 778 g/mol. The maximum absolute atomic E-state index is 13.3.